The van der Waals surface area contributed by atoms with Gasteiger partial charge in [0, 0.05) is 11.8 Å². The van der Waals surface area contributed by atoms with E-state index < -0.39 is 35.0 Å². The first-order valence-electron chi connectivity index (χ1n) is 5.92. The minimum atomic E-state index is -4.95. The third-order valence-corrected chi connectivity index (χ3v) is 5.01. The maximum absolute atomic E-state index is 14.4. The molecule has 0 bridgehead atoms. The van der Waals surface area contributed by atoms with Gasteiger partial charge in [-0.15, -0.1) is 0 Å². The molecule has 0 radical (unpaired) electrons. The molecule has 6 heteroatoms. The molecular weight excluding hydrogens is 270 g/mol. The largest absolute Gasteiger partial charge is 0.350 e. The van der Waals surface area contributed by atoms with Crippen LogP contribution >= 0.6 is 0 Å². The highest BCUT2D eigenvalue weighted by molar-refractivity contribution is 5.55. The summed E-state index contributed by atoms with van der Waals surface area (Å²) in [5, 5.41) is 0. The minimum absolute atomic E-state index is 0.116. The second-order valence-corrected chi connectivity index (χ2v) is 5.56. The first-order valence-corrected chi connectivity index (χ1v) is 5.92. The van der Waals surface area contributed by atoms with E-state index >= 15 is 0 Å². The Hall–Kier alpha value is -1.20. The quantitative estimate of drug-likeness (QED) is 0.635. The molecule has 3 aliphatic carbocycles. The summed E-state index contributed by atoms with van der Waals surface area (Å²) in [6, 6.07) is 6.05. The molecule has 0 aromatic heterocycles. The lowest BCUT2D eigenvalue weighted by Crippen LogP contribution is -2.96. The van der Waals surface area contributed by atoms with Gasteiger partial charge in [0.05, 0.1) is 0 Å². The Morgan fingerprint density at radius 3 is 2.11 bits per heavy atom. The third kappa shape index (κ3) is 0.755. The molecule has 19 heavy (non-hydrogen) atoms. The summed E-state index contributed by atoms with van der Waals surface area (Å²) in [6.45, 7) is 0. The summed E-state index contributed by atoms with van der Waals surface area (Å²) in [5.41, 5.74) is -6.81. The Bertz CT molecular complexity index is 597. The standard InChI is InChI=1S/C13H8F6/c14-10-8-5-6-3-1-2-4-7(6)9(8)11(10,15)13(18,19)12(10,16)17/h1-4,8-9H,5H2/t8-,9+,10-,11+/m0/s1. The van der Waals surface area contributed by atoms with Crippen molar-refractivity contribution in [1.82, 2.24) is 0 Å². The monoisotopic (exact) mass is 278 g/mol. The first kappa shape index (κ1) is 11.6. The van der Waals surface area contributed by atoms with Gasteiger partial charge in [0.1, 0.15) is 0 Å². The molecule has 1 aromatic carbocycles. The van der Waals surface area contributed by atoms with Crippen LogP contribution in [0.4, 0.5) is 26.3 Å². The van der Waals surface area contributed by atoms with Gasteiger partial charge in [-0.05, 0) is 17.5 Å². The van der Waals surface area contributed by atoms with E-state index in [1.165, 1.54) is 18.2 Å². The van der Waals surface area contributed by atoms with Crippen molar-refractivity contribution < 1.29 is 26.3 Å². The molecule has 4 rings (SSSR count). The Morgan fingerprint density at radius 1 is 0.842 bits per heavy atom. The fourth-order valence-electron chi connectivity index (χ4n) is 4.14. The number of fused-ring (bicyclic) bond motifs is 6. The molecule has 102 valence electrons. The molecule has 0 heterocycles. The van der Waals surface area contributed by atoms with Crippen molar-refractivity contribution in [2.45, 2.75) is 35.5 Å². The summed E-state index contributed by atoms with van der Waals surface area (Å²) in [7, 11) is 0. The lowest BCUT2D eigenvalue weighted by molar-refractivity contribution is -0.496. The second kappa shape index (κ2) is 2.65. The lowest BCUT2D eigenvalue weighted by atomic mass is 9.39. The highest BCUT2D eigenvalue weighted by Gasteiger charge is 3.07. The Kier molecular flexibility index (Phi) is 1.62. The van der Waals surface area contributed by atoms with Crippen LogP contribution in [0.25, 0.3) is 0 Å². The van der Waals surface area contributed by atoms with Crippen molar-refractivity contribution in [3.8, 4) is 0 Å². The molecule has 0 saturated heterocycles. The molecule has 2 fully saturated rings. The molecule has 2 saturated carbocycles. The van der Waals surface area contributed by atoms with E-state index in [9.17, 15) is 26.3 Å². The van der Waals surface area contributed by atoms with Crippen molar-refractivity contribution in [1.29, 1.82) is 0 Å². The van der Waals surface area contributed by atoms with E-state index in [-0.39, 0.29) is 12.0 Å². The number of alkyl halides is 6. The van der Waals surface area contributed by atoms with Gasteiger partial charge in [0.25, 0.3) is 0 Å². The van der Waals surface area contributed by atoms with E-state index in [0.717, 1.165) is 0 Å². The van der Waals surface area contributed by atoms with Crippen LogP contribution in [-0.4, -0.2) is 23.2 Å². The molecule has 0 spiro atoms. The van der Waals surface area contributed by atoms with Gasteiger partial charge < -0.3 is 0 Å². The van der Waals surface area contributed by atoms with E-state index in [0.29, 0.717) is 5.56 Å². The summed E-state index contributed by atoms with van der Waals surface area (Å²) in [4.78, 5) is 0. The highest BCUT2D eigenvalue weighted by atomic mass is 19.3. The predicted molar refractivity (Wildman–Crippen MR) is 53.9 cm³/mol. The normalized spacial score (nSPS) is 47.5. The van der Waals surface area contributed by atoms with Crippen molar-refractivity contribution in [3.63, 3.8) is 0 Å². The molecule has 0 N–H and O–H groups in total. The molecule has 0 unspecified atom stereocenters. The van der Waals surface area contributed by atoms with Gasteiger partial charge in [-0.2, -0.15) is 17.6 Å². The summed E-state index contributed by atoms with van der Waals surface area (Å²) >= 11 is 0. The third-order valence-electron chi connectivity index (χ3n) is 5.01. The molecule has 4 atom stereocenters. The summed E-state index contributed by atoms with van der Waals surface area (Å²) in [5.74, 6) is -12.8. The second-order valence-electron chi connectivity index (χ2n) is 5.56. The van der Waals surface area contributed by atoms with Crippen LogP contribution < -0.4 is 0 Å². The maximum Gasteiger partial charge on any atom is 0.350 e. The molecule has 1 aromatic rings. The Balaban J connectivity index is 1.91. The zero-order chi connectivity index (χ0) is 13.8. The van der Waals surface area contributed by atoms with E-state index in [1.807, 2.05) is 0 Å². The van der Waals surface area contributed by atoms with Crippen molar-refractivity contribution >= 4 is 0 Å². The molecule has 0 nitrogen and oxygen atoms in total. The minimum Gasteiger partial charge on any atom is -0.233 e. The van der Waals surface area contributed by atoms with Crippen LogP contribution in [0.2, 0.25) is 0 Å². The Morgan fingerprint density at radius 2 is 1.42 bits per heavy atom. The van der Waals surface area contributed by atoms with E-state index in [4.69, 9.17) is 0 Å². The van der Waals surface area contributed by atoms with Crippen LogP contribution in [0.1, 0.15) is 17.0 Å². The number of rotatable bonds is 0. The maximum atomic E-state index is 14.4. The van der Waals surface area contributed by atoms with E-state index in [1.54, 1.807) is 6.07 Å². The van der Waals surface area contributed by atoms with Gasteiger partial charge in [0.15, 0.2) is 0 Å². The van der Waals surface area contributed by atoms with E-state index in [2.05, 4.69) is 0 Å². The first-order chi connectivity index (χ1) is 8.71. The van der Waals surface area contributed by atoms with Crippen molar-refractivity contribution in [2.24, 2.45) is 5.92 Å². The average Bonchev–Trinajstić information content (AvgIpc) is 2.73. The van der Waals surface area contributed by atoms with Gasteiger partial charge in [-0.25, -0.2) is 8.78 Å². The van der Waals surface area contributed by atoms with Gasteiger partial charge in [-0.1, -0.05) is 24.3 Å². The number of halogens is 6. The number of hydrogen-bond donors (Lipinski definition) is 0. The van der Waals surface area contributed by atoms with Gasteiger partial charge >= 0.3 is 11.8 Å². The van der Waals surface area contributed by atoms with Crippen LogP contribution in [0.15, 0.2) is 24.3 Å². The smallest absolute Gasteiger partial charge is 0.233 e. The number of benzene rings is 1. The summed E-state index contributed by atoms with van der Waals surface area (Å²) in [6.07, 6.45) is -0.116. The molecule has 0 aliphatic heterocycles. The lowest BCUT2D eigenvalue weighted by Gasteiger charge is -2.71. The van der Waals surface area contributed by atoms with Crippen molar-refractivity contribution in [3.05, 3.63) is 35.4 Å². The molecular formula is C13H8F6. The Labute approximate surface area is 104 Å². The highest BCUT2D eigenvalue weighted by Crippen LogP contribution is 2.84. The van der Waals surface area contributed by atoms with Crippen LogP contribution in [0.5, 0.6) is 0 Å². The molecule has 0 amide bonds. The fourth-order valence-corrected chi connectivity index (χ4v) is 4.14. The zero-order valence-corrected chi connectivity index (χ0v) is 9.44. The predicted octanol–water partition coefficient (Wildman–Crippen LogP) is 3.66. The zero-order valence-electron chi connectivity index (χ0n) is 9.44. The topological polar surface area (TPSA) is 0 Å². The fraction of sp³-hybridized carbons (Fsp3) is 0.538. The van der Waals surface area contributed by atoms with Gasteiger partial charge in [-0.3, -0.25) is 0 Å². The number of hydrogen-bond acceptors (Lipinski definition) is 0. The van der Waals surface area contributed by atoms with Crippen LogP contribution in [0, 0.1) is 5.92 Å². The molecule has 3 aliphatic rings. The average molecular weight is 278 g/mol. The van der Waals surface area contributed by atoms with Crippen LogP contribution in [0.3, 0.4) is 0 Å². The summed E-state index contributed by atoms with van der Waals surface area (Å²) < 4.78 is 82.1. The van der Waals surface area contributed by atoms with Crippen LogP contribution in [-0.2, 0) is 6.42 Å². The van der Waals surface area contributed by atoms with Crippen molar-refractivity contribution in [2.75, 3.05) is 0 Å². The van der Waals surface area contributed by atoms with Gasteiger partial charge in [0.2, 0.25) is 11.3 Å². The SMILES string of the molecule is FC1(F)C(F)(F)[C@@]2(F)[C@@H]3c4ccccc4C[C@@H]3[C@@]12F.